The Hall–Kier alpha value is -1.71. The summed E-state index contributed by atoms with van der Waals surface area (Å²) in [7, 11) is 0. The lowest BCUT2D eigenvalue weighted by molar-refractivity contribution is 0.123. The Balaban J connectivity index is 1.42. The minimum Gasteiger partial charge on any atom is -0.296 e. The van der Waals surface area contributed by atoms with Gasteiger partial charge in [0.25, 0.3) is 0 Å². The molecule has 3 nitrogen and oxygen atoms in total. The number of piperidine rings is 1. The molecule has 3 aliphatic rings. The van der Waals surface area contributed by atoms with Gasteiger partial charge in [0, 0.05) is 45.0 Å². The van der Waals surface area contributed by atoms with Crippen LogP contribution in [0.4, 0.5) is 0 Å². The van der Waals surface area contributed by atoms with E-state index in [0.29, 0.717) is 6.04 Å². The molecule has 0 amide bonds. The van der Waals surface area contributed by atoms with Crippen LogP contribution in [-0.4, -0.2) is 40.5 Å². The topological polar surface area (TPSA) is 19.4 Å². The van der Waals surface area contributed by atoms with Crippen molar-refractivity contribution in [1.29, 1.82) is 0 Å². The van der Waals surface area contributed by atoms with Crippen LogP contribution in [0, 0.1) is 5.92 Å². The average molecular weight is 335 g/mol. The molecule has 132 valence electrons. The van der Waals surface area contributed by atoms with Crippen LogP contribution in [0.15, 0.2) is 48.7 Å². The van der Waals surface area contributed by atoms with Crippen molar-refractivity contribution >= 4 is 0 Å². The van der Waals surface area contributed by atoms with Crippen molar-refractivity contribution in [2.75, 3.05) is 19.6 Å². The van der Waals surface area contributed by atoms with E-state index < -0.39 is 0 Å². The van der Waals surface area contributed by atoms with E-state index in [1.807, 2.05) is 12.3 Å². The van der Waals surface area contributed by atoms with E-state index in [9.17, 15) is 0 Å². The fraction of sp³-hybridized carbons (Fsp3) is 0.500. The van der Waals surface area contributed by atoms with Crippen molar-refractivity contribution in [2.24, 2.45) is 5.92 Å². The molecule has 0 spiro atoms. The van der Waals surface area contributed by atoms with Crippen LogP contribution in [0.5, 0.6) is 0 Å². The van der Waals surface area contributed by atoms with Gasteiger partial charge in [-0.15, -0.1) is 0 Å². The van der Waals surface area contributed by atoms with E-state index in [4.69, 9.17) is 0 Å². The molecule has 0 N–H and O–H groups in total. The molecule has 3 fully saturated rings. The first kappa shape index (κ1) is 16.7. The summed E-state index contributed by atoms with van der Waals surface area (Å²) in [6, 6.07) is 16.2. The summed E-state index contributed by atoms with van der Waals surface area (Å²) in [5.74, 6) is 0.803. The number of aromatic nitrogens is 1. The summed E-state index contributed by atoms with van der Waals surface area (Å²) in [6.07, 6.45) is 5.76. The normalized spacial score (nSPS) is 24.4. The zero-order valence-electron chi connectivity index (χ0n) is 15.3. The van der Waals surface area contributed by atoms with Crippen molar-refractivity contribution in [3.05, 3.63) is 65.5 Å². The third-order valence-corrected chi connectivity index (χ3v) is 5.83. The Morgan fingerprint density at radius 1 is 0.920 bits per heavy atom. The van der Waals surface area contributed by atoms with E-state index in [1.165, 1.54) is 49.3 Å². The van der Waals surface area contributed by atoms with Crippen molar-refractivity contribution in [2.45, 2.75) is 45.3 Å². The fourth-order valence-electron chi connectivity index (χ4n) is 4.43. The first-order valence-corrected chi connectivity index (χ1v) is 9.74. The number of nitrogens with zero attached hydrogens (tertiary/aromatic N) is 3. The Labute approximate surface area is 151 Å². The van der Waals surface area contributed by atoms with Crippen LogP contribution >= 0.6 is 0 Å². The Morgan fingerprint density at radius 2 is 1.76 bits per heavy atom. The maximum Gasteiger partial charge on any atom is 0.0543 e. The molecule has 0 radical (unpaired) electrons. The summed E-state index contributed by atoms with van der Waals surface area (Å²) in [6.45, 7) is 7.96. The molecular formula is C22H29N3. The van der Waals surface area contributed by atoms with Crippen LogP contribution in [-0.2, 0) is 19.5 Å². The predicted octanol–water partition coefficient (Wildman–Crippen LogP) is 3.74. The molecule has 3 saturated heterocycles. The number of aryl methyl sites for hydroxylation is 1. The lowest BCUT2D eigenvalue weighted by Gasteiger charge is -2.36. The van der Waals surface area contributed by atoms with Gasteiger partial charge in [-0.05, 0) is 48.4 Å². The number of pyridine rings is 1. The highest BCUT2D eigenvalue weighted by Crippen LogP contribution is 2.29. The summed E-state index contributed by atoms with van der Waals surface area (Å²) in [4.78, 5) is 9.88. The lowest BCUT2D eigenvalue weighted by Crippen LogP contribution is -2.43. The van der Waals surface area contributed by atoms with E-state index >= 15 is 0 Å². The third-order valence-electron chi connectivity index (χ3n) is 5.83. The van der Waals surface area contributed by atoms with Gasteiger partial charge in [-0.2, -0.15) is 0 Å². The maximum absolute atomic E-state index is 4.52. The lowest BCUT2D eigenvalue weighted by atomic mass is 9.94. The van der Waals surface area contributed by atoms with Gasteiger partial charge < -0.3 is 0 Å². The number of rotatable bonds is 5. The molecule has 5 rings (SSSR count). The summed E-state index contributed by atoms with van der Waals surface area (Å²) < 4.78 is 0. The molecule has 2 atom stereocenters. The molecule has 2 aromatic rings. The molecule has 1 aromatic heterocycles. The van der Waals surface area contributed by atoms with Gasteiger partial charge in [-0.25, -0.2) is 0 Å². The SMILES string of the molecule is CCc1ccc(CN2C[C@H]3CC[C@@H]2CN(Cc2ccccn2)C3)cc1. The van der Waals surface area contributed by atoms with Gasteiger partial charge in [0.05, 0.1) is 5.69 Å². The van der Waals surface area contributed by atoms with Crippen LogP contribution < -0.4 is 0 Å². The second-order valence-corrected chi connectivity index (χ2v) is 7.71. The fourth-order valence-corrected chi connectivity index (χ4v) is 4.43. The molecule has 0 unspecified atom stereocenters. The van der Waals surface area contributed by atoms with Gasteiger partial charge in [0.1, 0.15) is 0 Å². The molecule has 3 aliphatic heterocycles. The molecule has 4 heterocycles. The Morgan fingerprint density at radius 3 is 2.52 bits per heavy atom. The number of hydrogen-bond donors (Lipinski definition) is 0. The van der Waals surface area contributed by atoms with Crippen molar-refractivity contribution < 1.29 is 0 Å². The van der Waals surface area contributed by atoms with Gasteiger partial charge in [0.2, 0.25) is 0 Å². The minimum atomic E-state index is 0.688. The smallest absolute Gasteiger partial charge is 0.0543 e. The molecular weight excluding hydrogens is 306 g/mol. The number of fused-ring (bicyclic) bond motifs is 4. The molecule has 25 heavy (non-hydrogen) atoms. The zero-order valence-corrected chi connectivity index (χ0v) is 15.3. The maximum atomic E-state index is 4.52. The van der Waals surface area contributed by atoms with E-state index in [2.05, 4.69) is 58.1 Å². The quantitative estimate of drug-likeness (QED) is 0.830. The highest BCUT2D eigenvalue weighted by Gasteiger charge is 2.34. The third kappa shape index (κ3) is 4.10. The van der Waals surface area contributed by atoms with Crippen LogP contribution in [0.3, 0.4) is 0 Å². The van der Waals surface area contributed by atoms with Gasteiger partial charge in [0.15, 0.2) is 0 Å². The molecule has 0 saturated carbocycles. The molecule has 1 aromatic carbocycles. The van der Waals surface area contributed by atoms with Crippen molar-refractivity contribution in [3.63, 3.8) is 0 Å². The highest BCUT2D eigenvalue weighted by molar-refractivity contribution is 5.22. The number of hydrogen-bond acceptors (Lipinski definition) is 3. The monoisotopic (exact) mass is 335 g/mol. The minimum absolute atomic E-state index is 0.688. The average Bonchev–Trinajstić information content (AvgIpc) is 2.94. The second-order valence-electron chi connectivity index (χ2n) is 7.71. The standard InChI is InChI=1S/C22H29N3/c1-2-18-6-8-19(9-7-18)14-25-15-20-10-11-22(25)17-24(13-20)16-21-5-3-4-12-23-21/h3-9,12,20,22H,2,10-11,13-17H2,1H3/t20-,22+/m0/s1. The Bertz CT molecular complexity index is 667. The van der Waals surface area contributed by atoms with Crippen molar-refractivity contribution in [1.82, 2.24) is 14.8 Å². The van der Waals surface area contributed by atoms with Crippen LogP contribution in [0.1, 0.15) is 36.6 Å². The summed E-state index contributed by atoms with van der Waals surface area (Å²) >= 11 is 0. The van der Waals surface area contributed by atoms with Gasteiger partial charge in [-0.3, -0.25) is 14.8 Å². The van der Waals surface area contributed by atoms with E-state index in [-0.39, 0.29) is 0 Å². The van der Waals surface area contributed by atoms with Gasteiger partial charge >= 0.3 is 0 Å². The van der Waals surface area contributed by atoms with E-state index in [0.717, 1.165) is 25.4 Å². The highest BCUT2D eigenvalue weighted by atomic mass is 15.3. The first-order valence-electron chi connectivity index (χ1n) is 9.74. The Kier molecular flexibility index (Phi) is 5.14. The van der Waals surface area contributed by atoms with Gasteiger partial charge in [-0.1, -0.05) is 37.3 Å². The molecule has 3 heteroatoms. The molecule has 2 bridgehead atoms. The predicted molar refractivity (Wildman–Crippen MR) is 102 cm³/mol. The largest absolute Gasteiger partial charge is 0.296 e. The van der Waals surface area contributed by atoms with Crippen LogP contribution in [0.2, 0.25) is 0 Å². The second kappa shape index (κ2) is 7.67. The van der Waals surface area contributed by atoms with Crippen molar-refractivity contribution in [3.8, 4) is 0 Å². The zero-order chi connectivity index (χ0) is 17.1. The van der Waals surface area contributed by atoms with E-state index in [1.54, 1.807) is 0 Å². The molecule has 0 aliphatic carbocycles. The summed E-state index contributed by atoms with van der Waals surface area (Å²) in [5.41, 5.74) is 4.09. The number of benzene rings is 1. The summed E-state index contributed by atoms with van der Waals surface area (Å²) in [5, 5.41) is 0. The first-order chi connectivity index (χ1) is 12.3. The van der Waals surface area contributed by atoms with Crippen LogP contribution in [0.25, 0.3) is 0 Å².